The van der Waals surface area contributed by atoms with E-state index in [-0.39, 0.29) is 5.41 Å². The molecule has 0 saturated heterocycles. The van der Waals surface area contributed by atoms with Crippen LogP contribution in [0.15, 0.2) is 84.9 Å². The molecule has 0 aliphatic carbocycles. The summed E-state index contributed by atoms with van der Waals surface area (Å²) < 4.78 is 5.91. The summed E-state index contributed by atoms with van der Waals surface area (Å²) in [5, 5.41) is 0. The maximum absolute atomic E-state index is 5.91. The van der Waals surface area contributed by atoms with E-state index < -0.39 is 0 Å². The second kappa shape index (κ2) is 8.05. The van der Waals surface area contributed by atoms with E-state index in [0.717, 1.165) is 23.5 Å². The lowest BCUT2D eigenvalue weighted by molar-refractivity contribution is 0.482. The molecule has 3 aromatic carbocycles. The van der Waals surface area contributed by atoms with Crippen LogP contribution in [0.4, 0.5) is 0 Å². The number of hydrogen-bond donors (Lipinski definition) is 0. The van der Waals surface area contributed by atoms with E-state index in [1.54, 1.807) is 0 Å². The Labute approximate surface area is 157 Å². The topological polar surface area (TPSA) is 9.23 Å². The van der Waals surface area contributed by atoms with Crippen molar-refractivity contribution in [2.75, 3.05) is 0 Å². The zero-order valence-corrected chi connectivity index (χ0v) is 15.8. The minimum absolute atomic E-state index is 0.113. The highest BCUT2D eigenvalue weighted by molar-refractivity contribution is 5.52. The van der Waals surface area contributed by atoms with E-state index in [1.807, 2.05) is 42.5 Å². The molecule has 1 nitrogen and oxygen atoms in total. The fourth-order valence-corrected chi connectivity index (χ4v) is 2.92. The van der Waals surface area contributed by atoms with Crippen molar-refractivity contribution in [1.29, 1.82) is 0 Å². The van der Waals surface area contributed by atoms with Crippen LogP contribution in [0.3, 0.4) is 0 Å². The molecule has 0 radical (unpaired) electrons. The van der Waals surface area contributed by atoms with Gasteiger partial charge in [-0.05, 0) is 54.2 Å². The molecular weight excluding hydrogens is 316 g/mol. The molecule has 26 heavy (non-hydrogen) atoms. The van der Waals surface area contributed by atoms with E-state index in [9.17, 15) is 0 Å². The molecule has 0 N–H and O–H groups in total. The largest absolute Gasteiger partial charge is 0.457 e. The van der Waals surface area contributed by atoms with Gasteiger partial charge in [0.25, 0.3) is 0 Å². The molecule has 132 valence electrons. The minimum Gasteiger partial charge on any atom is -0.457 e. The van der Waals surface area contributed by atoms with Gasteiger partial charge in [-0.3, -0.25) is 0 Å². The summed E-state index contributed by atoms with van der Waals surface area (Å²) in [7, 11) is 0. The van der Waals surface area contributed by atoms with Crippen LogP contribution in [-0.2, 0) is 5.41 Å². The third-order valence-electron chi connectivity index (χ3n) is 4.61. The highest BCUT2D eigenvalue weighted by Gasteiger charge is 2.18. The first kappa shape index (κ1) is 18.0. The van der Waals surface area contributed by atoms with E-state index in [1.165, 1.54) is 11.1 Å². The van der Waals surface area contributed by atoms with Crippen LogP contribution in [0.25, 0.3) is 6.08 Å². The Morgan fingerprint density at radius 1 is 0.808 bits per heavy atom. The molecule has 0 aliphatic rings. The first-order valence-corrected chi connectivity index (χ1v) is 9.10. The number of aryl methyl sites for hydroxylation is 1. The van der Waals surface area contributed by atoms with Crippen LogP contribution in [-0.4, -0.2) is 0 Å². The highest BCUT2D eigenvalue weighted by atomic mass is 16.5. The second-order valence-corrected chi connectivity index (χ2v) is 7.34. The smallest absolute Gasteiger partial charge is 0.128 e. The van der Waals surface area contributed by atoms with Crippen LogP contribution >= 0.6 is 0 Å². The van der Waals surface area contributed by atoms with Crippen LogP contribution in [0.2, 0.25) is 0 Å². The van der Waals surface area contributed by atoms with Crippen molar-refractivity contribution in [3.63, 3.8) is 0 Å². The molecule has 0 heterocycles. The quantitative estimate of drug-likeness (QED) is 0.461. The van der Waals surface area contributed by atoms with Gasteiger partial charge < -0.3 is 4.74 Å². The Morgan fingerprint density at radius 2 is 1.50 bits per heavy atom. The monoisotopic (exact) mass is 342 g/mol. The van der Waals surface area contributed by atoms with Gasteiger partial charge in [-0.15, -0.1) is 0 Å². The van der Waals surface area contributed by atoms with Gasteiger partial charge in [0.15, 0.2) is 0 Å². The summed E-state index contributed by atoms with van der Waals surface area (Å²) in [6.07, 6.45) is 5.41. The Kier molecular flexibility index (Phi) is 5.58. The predicted molar refractivity (Wildman–Crippen MR) is 111 cm³/mol. The summed E-state index contributed by atoms with van der Waals surface area (Å²) >= 11 is 0. The second-order valence-electron chi connectivity index (χ2n) is 7.34. The third kappa shape index (κ3) is 4.86. The molecule has 3 aromatic rings. The van der Waals surface area contributed by atoms with Crippen molar-refractivity contribution in [1.82, 2.24) is 0 Å². The number of ether oxygens (including phenoxy) is 1. The average molecular weight is 342 g/mol. The summed E-state index contributed by atoms with van der Waals surface area (Å²) in [6, 6.07) is 26.9. The molecule has 0 spiro atoms. The fraction of sp³-hybridized carbons (Fsp3) is 0.200. The van der Waals surface area contributed by atoms with E-state index >= 15 is 0 Å². The molecule has 0 saturated carbocycles. The zero-order chi connectivity index (χ0) is 18.4. The standard InChI is InChI=1S/C25H26O/c1-20-14-16-22(17-15-20)25(2,3)18-8-10-21-9-7-13-24(19-21)26-23-11-5-4-6-12-23/h4-17,19H,18H2,1-3H3. The molecule has 0 aromatic heterocycles. The first-order chi connectivity index (χ1) is 12.5. The normalized spacial score (nSPS) is 11.7. The number of para-hydroxylation sites is 1. The van der Waals surface area contributed by atoms with Gasteiger partial charge >= 0.3 is 0 Å². The molecule has 0 atom stereocenters. The Morgan fingerprint density at radius 3 is 2.23 bits per heavy atom. The Balaban J connectivity index is 1.66. The number of allylic oxidation sites excluding steroid dienone is 1. The van der Waals surface area contributed by atoms with Crippen molar-refractivity contribution in [3.05, 3.63) is 102 Å². The van der Waals surface area contributed by atoms with Crippen LogP contribution in [0, 0.1) is 6.92 Å². The fourth-order valence-electron chi connectivity index (χ4n) is 2.92. The lowest BCUT2D eigenvalue weighted by Gasteiger charge is -2.23. The molecule has 0 unspecified atom stereocenters. The molecule has 3 rings (SSSR count). The molecule has 0 fully saturated rings. The lowest BCUT2D eigenvalue weighted by Crippen LogP contribution is -2.15. The summed E-state index contributed by atoms with van der Waals surface area (Å²) in [5.74, 6) is 1.71. The van der Waals surface area contributed by atoms with Gasteiger partial charge in [0.2, 0.25) is 0 Å². The van der Waals surface area contributed by atoms with Gasteiger partial charge in [-0.25, -0.2) is 0 Å². The van der Waals surface area contributed by atoms with Crippen LogP contribution < -0.4 is 4.74 Å². The Bertz CT molecular complexity index is 858. The van der Waals surface area contributed by atoms with Crippen molar-refractivity contribution in [2.45, 2.75) is 32.6 Å². The number of hydrogen-bond acceptors (Lipinski definition) is 1. The van der Waals surface area contributed by atoms with Crippen LogP contribution in [0.5, 0.6) is 11.5 Å². The zero-order valence-electron chi connectivity index (χ0n) is 15.8. The SMILES string of the molecule is Cc1ccc(C(C)(C)CC=Cc2cccc(Oc3ccccc3)c2)cc1. The molecule has 1 heteroatoms. The van der Waals surface area contributed by atoms with E-state index in [2.05, 4.69) is 69.3 Å². The van der Waals surface area contributed by atoms with Gasteiger partial charge in [-0.1, -0.05) is 86.2 Å². The molecular formula is C25H26O. The van der Waals surface area contributed by atoms with E-state index in [0.29, 0.717) is 0 Å². The predicted octanol–water partition coefficient (Wildman–Crippen LogP) is 7.17. The molecule has 0 aliphatic heterocycles. The third-order valence-corrected chi connectivity index (χ3v) is 4.61. The van der Waals surface area contributed by atoms with Gasteiger partial charge in [0.05, 0.1) is 0 Å². The number of rotatable bonds is 6. The molecule has 0 bridgehead atoms. The Hall–Kier alpha value is -2.80. The minimum atomic E-state index is 0.113. The van der Waals surface area contributed by atoms with Gasteiger partial charge in [-0.2, -0.15) is 0 Å². The maximum Gasteiger partial charge on any atom is 0.128 e. The number of benzene rings is 3. The average Bonchev–Trinajstić information content (AvgIpc) is 2.63. The summed E-state index contributed by atoms with van der Waals surface area (Å²) in [6.45, 7) is 6.70. The van der Waals surface area contributed by atoms with Gasteiger partial charge in [0.1, 0.15) is 11.5 Å². The summed E-state index contributed by atoms with van der Waals surface area (Å²) in [5.41, 5.74) is 3.94. The van der Waals surface area contributed by atoms with Gasteiger partial charge in [0, 0.05) is 0 Å². The first-order valence-electron chi connectivity index (χ1n) is 9.10. The molecule has 0 amide bonds. The van der Waals surface area contributed by atoms with Crippen molar-refractivity contribution in [3.8, 4) is 11.5 Å². The van der Waals surface area contributed by atoms with Crippen molar-refractivity contribution in [2.24, 2.45) is 0 Å². The maximum atomic E-state index is 5.91. The van der Waals surface area contributed by atoms with Crippen molar-refractivity contribution >= 4 is 6.08 Å². The lowest BCUT2D eigenvalue weighted by atomic mass is 9.81. The summed E-state index contributed by atoms with van der Waals surface area (Å²) in [4.78, 5) is 0. The highest BCUT2D eigenvalue weighted by Crippen LogP contribution is 2.28. The van der Waals surface area contributed by atoms with Crippen molar-refractivity contribution < 1.29 is 4.74 Å². The van der Waals surface area contributed by atoms with E-state index in [4.69, 9.17) is 4.74 Å². The van der Waals surface area contributed by atoms with Crippen LogP contribution in [0.1, 0.15) is 37.0 Å².